The SMILES string of the molecule is CCC1CCC[C@@H](C)O1. The first-order chi connectivity index (χ1) is 4.33. The van der Waals surface area contributed by atoms with Gasteiger partial charge in [0.2, 0.25) is 0 Å². The van der Waals surface area contributed by atoms with Gasteiger partial charge < -0.3 is 4.74 Å². The van der Waals surface area contributed by atoms with E-state index in [4.69, 9.17) is 4.74 Å². The van der Waals surface area contributed by atoms with Crippen LogP contribution in [0.1, 0.15) is 39.5 Å². The van der Waals surface area contributed by atoms with E-state index in [-0.39, 0.29) is 0 Å². The summed E-state index contributed by atoms with van der Waals surface area (Å²) in [5.41, 5.74) is 0. The zero-order valence-corrected chi connectivity index (χ0v) is 6.39. The molecule has 9 heavy (non-hydrogen) atoms. The predicted octanol–water partition coefficient (Wildman–Crippen LogP) is 2.35. The Morgan fingerprint density at radius 3 is 2.67 bits per heavy atom. The molecule has 0 saturated carbocycles. The molecule has 1 aliphatic heterocycles. The van der Waals surface area contributed by atoms with Crippen molar-refractivity contribution < 1.29 is 4.74 Å². The monoisotopic (exact) mass is 128 g/mol. The van der Waals surface area contributed by atoms with Crippen LogP contribution in [-0.4, -0.2) is 12.2 Å². The van der Waals surface area contributed by atoms with Gasteiger partial charge in [-0.25, -0.2) is 0 Å². The Hall–Kier alpha value is -0.0400. The van der Waals surface area contributed by atoms with Crippen molar-refractivity contribution in [1.82, 2.24) is 0 Å². The van der Waals surface area contributed by atoms with E-state index in [1.54, 1.807) is 0 Å². The fraction of sp³-hybridized carbons (Fsp3) is 1.00. The first kappa shape index (κ1) is 7.07. The van der Waals surface area contributed by atoms with E-state index in [9.17, 15) is 0 Å². The average molecular weight is 128 g/mol. The van der Waals surface area contributed by atoms with Gasteiger partial charge in [-0.15, -0.1) is 0 Å². The van der Waals surface area contributed by atoms with Crippen LogP contribution in [0.4, 0.5) is 0 Å². The van der Waals surface area contributed by atoms with Crippen LogP contribution < -0.4 is 0 Å². The molecule has 0 aromatic rings. The maximum Gasteiger partial charge on any atom is 0.0576 e. The Balaban J connectivity index is 2.23. The number of ether oxygens (including phenoxy) is 1. The van der Waals surface area contributed by atoms with Crippen LogP contribution >= 0.6 is 0 Å². The maximum atomic E-state index is 5.64. The molecular weight excluding hydrogens is 112 g/mol. The average Bonchev–Trinajstić information content (AvgIpc) is 1.88. The minimum Gasteiger partial charge on any atom is -0.375 e. The van der Waals surface area contributed by atoms with Crippen molar-refractivity contribution >= 4 is 0 Å². The summed E-state index contributed by atoms with van der Waals surface area (Å²) in [6.45, 7) is 4.37. The third kappa shape index (κ3) is 1.98. The molecule has 0 aromatic carbocycles. The highest BCUT2D eigenvalue weighted by Crippen LogP contribution is 2.19. The van der Waals surface area contributed by atoms with Crippen LogP contribution in [-0.2, 0) is 4.74 Å². The fourth-order valence-corrected chi connectivity index (χ4v) is 1.40. The van der Waals surface area contributed by atoms with E-state index < -0.39 is 0 Å². The van der Waals surface area contributed by atoms with Gasteiger partial charge in [0, 0.05) is 0 Å². The van der Waals surface area contributed by atoms with E-state index in [0.29, 0.717) is 12.2 Å². The zero-order chi connectivity index (χ0) is 6.69. The third-order valence-electron chi connectivity index (χ3n) is 2.02. The lowest BCUT2D eigenvalue weighted by atomic mass is 10.0. The highest BCUT2D eigenvalue weighted by atomic mass is 16.5. The van der Waals surface area contributed by atoms with Gasteiger partial charge in [0.25, 0.3) is 0 Å². The van der Waals surface area contributed by atoms with E-state index >= 15 is 0 Å². The van der Waals surface area contributed by atoms with Gasteiger partial charge in [-0.3, -0.25) is 0 Å². The van der Waals surface area contributed by atoms with Crippen molar-refractivity contribution in [2.24, 2.45) is 0 Å². The molecule has 1 saturated heterocycles. The highest BCUT2D eigenvalue weighted by Gasteiger charge is 2.16. The molecular formula is C8H16O. The molecule has 0 bridgehead atoms. The van der Waals surface area contributed by atoms with Gasteiger partial charge in [0.05, 0.1) is 12.2 Å². The van der Waals surface area contributed by atoms with Crippen molar-refractivity contribution in [3.63, 3.8) is 0 Å². The first-order valence-electron chi connectivity index (χ1n) is 3.98. The summed E-state index contributed by atoms with van der Waals surface area (Å²) >= 11 is 0. The molecule has 0 aromatic heterocycles. The topological polar surface area (TPSA) is 9.23 Å². The third-order valence-corrected chi connectivity index (χ3v) is 2.02. The van der Waals surface area contributed by atoms with Crippen molar-refractivity contribution in [3.8, 4) is 0 Å². The molecule has 1 heterocycles. The van der Waals surface area contributed by atoms with Gasteiger partial charge in [0.15, 0.2) is 0 Å². The number of hydrogen-bond acceptors (Lipinski definition) is 1. The molecule has 1 fully saturated rings. The Labute approximate surface area is 57.4 Å². The summed E-state index contributed by atoms with van der Waals surface area (Å²) in [4.78, 5) is 0. The Morgan fingerprint density at radius 2 is 2.22 bits per heavy atom. The lowest BCUT2D eigenvalue weighted by Gasteiger charge is -2.26. The molecule has 1 nitrogen and oxygen atoms in total. The molecule has 1 aliphatic rings. The standard InChI is InChI=1S/C8H16O/c1-3-8-6-4-5-7(2)9-8/h7-8H,3-6H2,1-2H3/t7-,8?/m1/s1. The van der Waals surface area contributed by atoms with Crippen LogP contribution in [0, 0.1) is 0 Å². The Bertz CT molecular complexity index is 80.6. The molecule has 1 heteroatoms. The maximum absolute atomic E-state index is 5.64. The van der Waals surface area contributed by atoms with Crippen LogP contribution in [0.3, 0.4) is 0 Å². The van der Waals surface area contributed by atoms with Gasteiger partial charge >= 0.3 is 0 Å². The van der Waals surface area contributed by atoms with Gasteiger partial charge in [-0.2, -0.15) is 0 Å². The van der Waals surface area contributed by atoms with E-state index in [1.807, 2.05) is 0 Å². The minimum atomic E-state index is 0.517. The van der Waals surface area contributed by atoms with Gasteiger partial charge in [0.1, 0.15) is 0 Å². The fourth-order valence-electron chi connectivity index (χ4n) is 1.40. The van der Waals surface area contributed by atoms with E-state index in [2.05, 4.69) is 13.8 Å². The second-order valence-corrected chi connectivity index (χ2v) is 2.91. The van der Waals surface area contributed by atoms with Crippen LogP contribution in [0.15, 0.2) is 0 Å². The second kappa shape index (κ2) is 3.21. The molecule has 0 amide bonds. The van der Waals surface area contributed by atoms with E-state index in [1.165, 1.54) is 25.7 Å². The number of rotatable bonds is 1. The van der Waals surface area contributed by atoms with Crippen LogP contribution in [0.25, 0.3) is 0 Å². The molecule has 0 N–H and O–H groups in total. The summed E-state index contributed by atoms with van der Waals surface area (Å²) in [6.07, 6.45) is 6.17. The van der Waals surface area contributed by atoms with Crippen molar-refractivity contribution in [2.75, 3.05) is 0 Å². The van der Waals surface area contributed by atoms with Crippen LogP contribution in [0.5, 0.6) is 0 Å². The predicted molar refractivity (Wildman–Crippen MR) is 38.5 cm³/mol. The molecule has 1 unspecified atom stereocenters. The summed E-state index contributed by atoms with van der Waals surface area (Å²) in [5, 5.41) is 0. The van der Waals surface area contributed by atoms with Gasteiger partial charge in [-0.05, 0) is 32.6 Å². The highest BCUT2D eigenvalue weighted by molar-refractivity contribution is 4.65. The van der Waals surface area contributed by atoms with Gasteiger partial charge in [-0.1, -0.05) is 6.92 Å². The van der Waals surface area contributed by atoms with Crippen molar-refractivity contribution in [2.45, 2.75) is 51.7 Å². The van der Waals surface area contributed by atoms with Crippen molar-refractivity contribution in [1.29, 1.82) is 0 Å². The summed E-state index contributed by atoms with van der Waals surface area (Å²) < 4.78 is 5.64. The second-order valence-electron chi connectivity index (χ2n) is 2.91. The molecule has 1 rings (SSSR count). The smallest absolute Gasteiger partial charge is 0.0576 e. The Morgan fingerprint density at radius 1 is 1.44 bits per heavy atom. The normalized spacial score (nSPS) is 36.7. The zero-order valence-electron chi connectivity index (χ0n) is 6.39. The van der Waals surface area contributed by atoms with Crippen LogP contribution in [0.2, 0.25) is 0 Å². The largest absolute Gasteiger partial charge is 0.375 e. The molecule has 0 spiro atoms. The lowest BCUT2D eigenvalue weighted by molar-refractivity contribution is -0.0407. The lowest BCUT2D eigenvalue weighted by Crippen LogP contribution is -2.24. The molecule has 54 valence electrons. The van der Waals surface area contributed by atoms with Crippen molar-refractivity contribution in [3.05, 3.63) is 0 Å². The first-order valence-corrected chi connectivity index (χ1v) is 3.98. The molecule has 0 aliphatic carbocycles. The number of hydrogen-bond donors (Lipinski definition) is 0. The Kier molecular flexibility index (Phi) is 2.52. The van der Waals surface area contributed by atoms with E-state index in [0.717, 1.165) is 0 Å². The summed E-state index contributed by atoms with van der Waals surface area (Å²) in [6, 6.07) is 0. The minimum absolute atomic E-state index is 0.517. The summed E-state index contributed by atoms with van der Waals surface area (Å²) in [5.74, 6) is 0. The molecule has 0 radical (unpaired) electrons. The quantitative estimate of drug-likeness (QED) is 0.526. The molecule has 2 atom stereocenters. The summed E-state index contributed by atoms with van der Waals surface area (Å²) in [7, 11) is 0.